The molecule has 6 N–H and O–H groups in total. The molecule has 1 aromatic heterocycles. The van der Waals surface area contributed by atoms with Gasteiger partial charge in [-0.1, -0.05) is 30.3 Å². The third kappa shape index (κ3) is 2.12. The molecule has 0 spiro atoms. The van der Waals surface area contributed by atoms with Crippen LogP contribution in [0.4, 0.5) is 17.6 Å². The first-order chi connectivity index (χ1) is 10.5. The number of allylic oxidation sites excluding steroid dienone is 1. The van der Waals surface area contributed by atoms with Gasteiger partial charge in [0.25, 0.3) is 0 Å². The standard InChI is InChI=1S/C15H15N5O2/c1-7-9(14(21)22)10(8-5-3-2-4-6-8)11-12(16)19-15(17)20-13(11)18-7/h2-6,10H,1H3,(H,21,22)(H5,16,17,18,19,20). The first kappa shape index (κ1) is 13.9. The molecule has 2 heterocycles. The molecular formula is C15H15N5O2. The predicted molar refractivity (Wildman–Crippen MR) is 83.1 cm³/mol. The van der Waals surface area contributed by atoms with Crippen LogP contribution in [0.3, 0.4) is 0 Å². The van der Waals surface area contributed by atoms with Crippen molar-refractivity contribution in [1.29, 1.82) is 0 Å². The number of carboxylic acid groups (broad SMARTS) is 1. The second kappa shape index (κ2) is 5.03. The van der Waals surface area contributed by atoms with Gasteiger partial charge in [0.15, 0.2) is 0 Å². The SMILES string of the molecule is CC1=C(C(=O)O)C(c2ccccc2)c2c(N)nc(N)nc2N1. The summed E-state index contributed by atoms with van der Waals surface area (Å²) in [6.07, 6.45) is 0. The quantitative estimate of drug-likeness (QED) is 0.662. The molecule has 0 bridgehead atoms. The summed E-state index contributed by atoms with van der Waals surface area (Å²) >= 11 is 0. The van der Waals surface area contributed by atoms with Crippen molar-refractivity contribution in [3.63, 3.8) is 0 Å². The summed E-state index contributed by atoms with van der Waals surface area (Å²) in [4.78, 5) is 19.8. The molecule has 0 amide bonds. The van der Waals surface area contributed by atoms with E-state index in [0.717, 1.165) is 5.56 Å². The van der Waals surface area contributed by atoms with Crippen molar-refractivity contribution in [2.75, 3.05) is 16.8 Å². The van der Waals surface area contributed by atoms with Crippen LogP contribution in [0.1, 0.15) is 24.0 Å². The van der Waals surface area contributed by atoms with E-state index < -0.39 is 11.9 Å². The molecule has 0 fully saturated rings. The molecule has 0 aliphatic carbocycles. The zero-order valence-corrected chi connectivity index (χ0v) is 11.9. The van der Waals surface area contributed by atoms with Crippen molar-refractivity contribution in [2.24, 2.45) is 0 Å². The lowest BCUT2D eigenvalue weighted by atomic mass is 9.82. The fourth-order valence-electron chi connectivity index (χ4n) is 2.75. The molecule has 3 rings (SSSR count). The van der Waals surface area contributed by atoms with Crippen LogP contribution in [0.5, 0.6) is 0 Å². The van der Waals surface area contributed by atoms with Crippen LogP contribution in [0.2, 0.25) is 0 Å². The summed E-state index contributed by atoms with van der Waals surface area (Å²) in [6.45, 7) is 1.69. The van der Waals surface area contributed by atoms with Crippen molar-refractivity contribution in [2.45, 2.75) is 12.8 Å². The normalized spacial score (nSPS) is 16.9. The van der Waals surface area contributed by atoms with Gasteiger partial charge in [0.1, 0.15) is 11.6 Å². The zero-order valence-electron chi connectivity index (χ0n) is 11.9. The Kier molecular flexibility index (Phi) is 3.17. The van der Waals surface area contributed by atoms with E-state index >= 15 is 0 Å². The summed E-state index contributed by atoms with van der Waals surface area (Å²) in [5.41, 5.74) is 13.7. The average Bonchev–Trinajstić information content (AvgIpc) is 2.45. The predicted octanol–water partition coefficient (Wildman–Crippen LogP) is 1.56. The number of carboxylic acids is 1. The van der Waals surface area contributed by atoms with Crippen molar-refractivity contribution < 1.29 is 9.90 Å². The maximum Gasteiger partial charge on any atom is 0.334 e. The molecule has 1 aliphatic rings. The Bertz CT molecular complexity index is 786. The van der Waals surface area contributed by atoms with E-state index in [9.17, 15) is 9.90 Å². The van der Waals surface area contributed by atoms with Gasteiger partial charge in [-0.05, 0) is 12.5 Å². The van der Waals surface area contributed by atoms with Crippen LogP contribution in [0, 0.1) is 0 Å². The number of benzene rings is 1. The summed E-state index contributed by atoms with van der Waals surface area (Å²) in [7, 11) is 0. The highest BCUT2D eigenvalue weighted by atomic mass is 16.4. The van der Waals surface area contributed by atoms with E-state index in [0.29, 0.717) is 17.1 Å². The van der Waals surface area contributed by atoms with Gasteiger partial charge in [0.2, 0.25) is 5.95 Å². The number of nitrogen functional groups attached to an aromatic ring is 2. The molecule has 112 valence electrons. The molecular weight excluding hydrogens is 282 g/mol. The van der Waals surface area contributed by atoms with Gasteiger partial charge in [0.05, 0.1) is 11.5 Å². The minimum atomic E-state index is -1.01. The average molecular weight is 297 g/mol. The van der Waals surface area contributed by atoms with Gasteiger partial charge >= 0.3 is 5.97 Å². The van der Waals surface area contributed by atoms with Crippen molar-refractivity contribution >= 4 is 23.6 Å². The number of aromatic nitrogens is 2. The number of hydrogen-bond acceptors (Lipinski definition) is 6. The summed E-state index contributed by atoms with van der Waals surface area (Å²) in [5, 5.41) is 12.6. The number of aliphatic carboxylic acids is 1. The van der Waals surface area contributed by atoms with Crippen LogP contribution < -0.4 is 16.8 Å². The molecule has 22 heavy (non-hydrogen) atoms. The molecule has 7 nitrogen and oxygen atoms in total. The van der Waals surface area contributed by atoms with E-state index in [4.69, 9.17) is 11.5 Å². The molecule has 7 heteroatoms. The number of rotatable bonds is 2. The molecule has 1 unspecified atom stereocenters. The Morgan fingerprint density at radius 3 is 2.55 bits per heavy atom. The van der Waals surface area contributed by atoms with Gasteiger partial charge in [-0.15, -0.1) is 0 Å². The molecule has 0 saturated carbocycles. The zero-order chi connectivity index (χ0) is 15.9. The fourth-order valence-corrected chi connectivity index (χ4v) is 2.75. The van der Waals surface area contributed by atoms with Gasteiger partial charge in [0, 0.05) is 11.3 Å². The lowest BCUT2D eigenvalue weighted by Gasteiger charge is -2.29. The van der Waals surface area contributed by atoms with E-state index in [-0.39, 0.29) is 17.3 Å². The highest BCUT2D eigenvalue weighted by molar-refractivity contribution is 5.93. The Labute approximate surface area is 126 Å². The minimum Gasteiger partial charge on any atom is -0.478 e. The Hall–Kier alpha value is -3.09. The number of hydrogen-bond donors (Lipinski definition) is 4. The number of fused-ring (bicyclic) bond motifs is 1. The molecule has 1 aliphatic heterocycles. The van der Waals surface area contributed by atoms with Crippen LogP contribution in [-0.4, -0.2) is 21.0 Å². The molecule has 0 saturated heterocycles. The number of carbonyl (C=O) groups is 1. The first-order valence-corrected chi connectivity index (χ1v) is 6.68. The number of anilines is 3. The Morgan fingerprint density at radius 1 is 1.23 bits per heavy atom. The maximum atomic E-state index is 11.7. The highest BCUT2D eigenvalue weighted by Crippen LogP contribution is 2.43. The lowest BCUT2D eigenvalue weighted by molar-refractivity contribution is -0.132. The molecule has 0 radical (unpaired) electrons. The van der Waals surface area contributed by atoms with Gasteiger partial charge < -0.3 is 21.9 Å². The smallest absolute Gasteiger partial charge is 0.334 e. The van der Waals surface area contributed by atoms with E-state index in [1.807, 2.05) is 30.3 Å². The van der Waals surface area contributed by atoms with E-state index in [1.54, 1.807) is 6.92 Å². The monoisotopic (exact) mass is 297 g/mol. The topological polar surface area (TPSA) is 127 Å². The molecule has 1 aromatic carbocycles. The van der Waals surface area contributed by atoms with Gasteiger partial charge in [-0.3, -0.25) is 0 Å². The Morgan fingerprint density at radius 2 is 1.91 bits per heavy atom. The number of nitrogens with two attached hydrogens (primary N) is 2. The fraction of sp³-hybridized carbons (Fsp3) is 0.133. The van der Waals surface area contributed by atoms with Crippen LogP contribution >= 0.6 is 0 Å². The number of nitrogens with zero attached hydrogens (tertiary/aromatic N) is 2. The third-order valence-electron chi connectivity index (χ3n) is 3.64. The van der Waals surface area contributed by atoms with E-state index in [2.05, 4.69) is 15.3 Å². The van der Waals surface area contributed by atoms with Crippen LogP contribution in [0.25, 0.3) is 0 Å². The summed E-state index contributed by atoms with van der Waals surface area (Å²) in [6, 6.07) is 9.27. The second-order valence-electron chi connectivity index (χ2n) is 5.04. The second-order valence-corrected chi connectivity index (χ2v) is 5.04. The minimum absolute atomic E-state index is 0.0436. The number of nitrogens with one attached hydrogen (secondary N) is 1. The maximum absolute atomic E-state index is 11.7. The van der Waals surface area contributed by atoms with Gasteiger partial charge in [-0.2, -0.15) is 9.97 Å². The molecule has 1 atom stereocenters. The van der Waals surface area contributed by atoms with E-state index in [1.165, 1.54) is 0 Å². The van der Waals surface area contributed by atoms with Crippen molar-refractivity contribution in [3.05, 3.63) is 52.7 Å². The largest absolute Gasteiger partial charge is 0.478 e. The van der Waals surface area contributed by atoms with Crippen molar-refractivity contribution in [1.82, 2.24) is 9.97 Å². The summed E-state index contributed by atoms with van der Waals surface area (Å²) in [5.74, 6) is -0.894. The summed E-state index contributed by atoms with van der Waals surface area (Å²) < 4.78 is 0. The molecule has 2 aromatic rings. The van der Waals surface area contributed by atoms with Crippen LogP contribution in [-0.2, 0) is 4.79 Å². The van der Waals surface area contributed by atoms with Crippen molar-refractivity contribution in [3.8, 4) is 0 Å². The lowest BCUT2D eigenvalue weighted by Crippen LogP contribution is -2.25. The highest BCUT2D eigenvalue weighted by Gasteiger charge is 2.35. The third-order valence-corrected chi connectivity index (χ3v) is 3.64. The van der Waals surface area contributed by atoms with Crippen LogP contribution in [0.15, 0.2) is 41.6 Å². The Balaban J connectivity index is 2.30. The first-order valence-electron chi connectivity index (χ1n) is 6.68. The van der Waals surface area contributed by atoms with Gasteiger partial charge in [-0.25, -0.2) is 4.79 Å².